The molecule has 2 heterocycles. The summed E-state index contributed by atoms with van der Waals surface area (Å²) in [5.41, 5.74) is 3.24. The number of ether oxygens (including phenoxy) is 1. The predicted molar refractivity (Wildman–Crippen MR) is 94.8 cm³/mol. The molecule has 1 aliphatic heterocycles. The summed E-state index contributed by atoms with van der Waals surface area (Å²) in [6.45, 7) is 4.30. The fraction of sp³-hybridized carbons (Fsp3) is 0.368. The monoisotopic (exact) mass is 380 g/mol. The molecule has 0 bridgehead atoms. The summed E-state index contributed by atoms with van der Waals surface area (Å²) >= 11 is 6.18. The molecule has 0 radical (unpaired) electrons. The normalized spacial score (nSPS) is 15.2. The second-order valence-electron chi connectivity index (χ2n) is 6.58. The van der Waals surface area contributed by atoms with Crippen LogP contribution >= 0.6 is 11.6 Å². The Labute approximate surface area is 155 Å². The number of pyridine rings is 1. The van der Waals surface area contributed by atoms with E-state index >= 15 is 0 Å². The molecule has 1 atom stereocenters. The summed E-state index contributed by atoms with van der Waals surface area (Å²) in [7, 11) is 0. The number of rotatable bonds is 5. The lowest BCUT2D eigenvalue weighted by molar-refractivity contribution is -0.0229. The highest BCUT2D eigenvalue weighted by Gasteiger charge is 2.33. The fourth-order valence-electron chi connectivity index (χ4n) is 2.99. The molecule has 0 spiro atoms. The van der Waals surface area contributed by atoms with Crippen LogP contribution in [0.3, 0.4) is 0 Å². The number of hydrogen-bond donors (Lipinski definition) is 0. The van der Waals surface area contributed by atoms with E-state index < -0.39 is 12.5 Å². The van der Waals surface area contributed by atoms with Crippen LogP contribution in [-0.4, -0.2) is 28.3 Å². The molecular weight excluding hydrogens is 362 g/mol. The first kappa shape index (κ1) is 18.6. The Hall–Kier alpha value is -2.21. The minimum Gasteiger partial charge on any atom is -0.486 e. The van der Waals surface area contributed by atoms with Gasteiger partial charge in [-0.2, -0.15) is 0 Å². The minimum atomic E-state index is -2.94. The van der Waals surface area contributed by atoms with Gasteiger partial charge in [0.15, 0.2) is 6.61 Å². The predicted octanol–water partition coefficient (Wildman–Crippen LogP) is 4.79. The van der Waals surface area contributed by atoms with Gasteiger partial charge in [0.25, 0.3) is 11.8 Å². The van der Waals surface area contributed by atoms with Crippen LogP contribution in [0.4, 0.5) is 8.78 Å². The van der Waals surface area contributed by atoms with E-state index in [1.807, 2.05) is 13.8 Å². The SMILES string of the molecule is Cc1nccc2c1CN(C(C)c1ccc(OCC(C)(F)F)c(Cl)c1)C2=O. The maximum absolute atomic E-state index is 12.9. The van der Waals surface area contributed by atoms with Crippen molar-refractivity contribution in [3.63, 3.8) is 0 Å². The van der Waals surface area contributed by atoms with Gasteiger partial charge in [-0.3, -0.25) is 9.78 Å². The van der Waals surface area contributed by atoms with E-state index in [1.54, 1.807) is 35.4 Å². The second-order valence-corrected chi connectivity index (χ2v) is 6.99. The smallest absolute Gasteiger partial charge is 0.278 e. The van der Waals surface area contributed by atoms with E-state index in [-0.39, 0.29) is 22.7 Å². The number of carbonyl (C=O) groups excluding carboxylic acids is 1. The van der Waals surface area contributed by atoms with Crippen molar-refractivity contribution >= 4 is 17.5 Å². The van der Waals surface area contributed by atoms with Gasteiger partial charge < -0.3 is 9.64 Å². The van der Waals surface area contributed by atoms with E-state index in [0.29, 0.717) is 12.1 Å². The van der Waals surface area contributed by atoms with Crippen molar-refractivity contribution in [1.82, 2.24) is 9.88 Å². The number of nitrogens with zero attached hydrogens (tertiary/aromatic N) is 2. The van der Waals surface area contributed by atoms with Crippen LogP contribution in [0.5, 0.6) is 5.75 Å². The topological polar surface area (TPSA) is 42.4 Å². The van der Waals surface area contributed by atoms with Crippen LogP contribution in [0.2, 0.25) is 5.02 Å². The quantitative estimate of drug-likeness (QED) is 0.748. The number of hydrogen-bond acceptors (Lipinski definition) is 3. The van der Waals surface area contributed by atoms with Crippen molar-refractivity contribution in [2.75, 3.05) is 6.61 Å². The zero-order valence-electron chi connectivity index (χ0n) is 14.7. The van der Waals surface area contributed by atoms with E-state index in [0.717, 1.165) is 23.7 Å². The van der Waals surface area contributed by atoms with Gasteiger partial charge in [-0.25, -0.2) is 8.78 Å². The fourth-order valence-corrected chi connectivity index (χ4v) is 3.23. The summed E-state index contributed by atoms with van der Waals surface area (Å²) < 4.78 is 31.0. The van der Waals surface area contributed by atoms with Gasteiger partial charge in [-0.05, 0) is 37.6 Å². The maximum atomic E-state index is 12.9. The lowest BCUT2D eigenvalue weighted by Crippen LogP contribution is -2.27. The summed E-state index contributed by atoms with van der Waals surface area (Å²) in [6.07, 6.45) is 1.63. The molecule has 3 rings (SSSR count). The summed E-state index contributed by atoms with van der Waals surface area (Å²) in [5.74, 6) is -2.80. The minimum absolute atomic E-state index is 0.0555. The van der Waals surface area contributed by atoms with E-state index in [2.05, 4.69) is 4.98 Å². The summed E-state index contributed by atoms with van der Waals surface area (Å²) in [6, 6.07) is 6.44. The lowest BCUT2D eigenvalue weighted by atomic mass is 10.1. The zero-order valence-corrected chi connectivity index (χ0v) is 15.5. The summed E-state index contributed by atoms with van der Waals surface area (Å²) in [4.78, 5) is 18.7. The van der Waals surface area contributed by atoms with Gasteiger partial charge in [0.2, 0.25) is 0 Å². The number of halogens is 3. The summed E-state index contributed by atoms with van der Waals surface area (Å²) in [5, 5.41) is 0.237. The van der Waals surface area contributed by atoms with Gasteiger partial charge >= 0.3 is 0 Å². The Balaban J connectivity index is 1.79. The molecule has 2 aromatic rings. The van der Waals surface area contributed by atoms with Gasteiger partial charge in [0.05, 0.1) is 11.1 Å². The van der Waals surface area contributed by atoms with Crippen LogP contribution in [0.25, 0.3) is 0 Å². The molecule has 1 amide bonds. The van der Waals surface area contributed by atoms with Crippen molar-refractivity contribution in [3.05, 3.63) is 57.9 Å². The van der Waals surface area contributed by atoms with Gasteiger partial charge in [-0.15, -0.1) is 0 Å². The van der Waals surface area contributed by atoms with Crippen LogP contribution < -0.4 is 4.74 Å². The number of alkyl halides is 2. The molecule has 0 N–H and O–H groups in total. The van der Waals surface area contributed by atoms with Crippen molar-refractivity contribution in [2.24, 2.45) is 0 Å². The third-order valence-electron chi connectivity index (χ3n) is 4.48. The van der Waals surface area contributed by atoms with Gasteiger partial charge in [-0.1, -0.05) is 17.7 Å². The first-order valence-electron chi connectivity index (χ1n) is 8.23. The Morgan fingerprint density at radius 1 is 1.38 bits per heavy atom. The number of carbonyl (C=O) groups is 1. The van der Waals surface area contributed by atoms with Crippen LogP contribution in [0.1, 0.15) is 47.1 Å². The molecule has 1 aliphatic rings. The molecule has 0 saturated heterocycles. The van der Waals surface area contributed by atoms with Gasteiger partial charge in [0.1, 0.15) is 5.75 Å². The Morgan fingerprint density at radius 2 is 2.12 bits per heavy atom. The molecular formula is C19H19ClF2N2O2. The highest BCUT2D eigenvalue weighted by molar-refractivity contribution is 6.32. The number of aromatic nitrogens is 1. The largest absolute Gasteiger partial charge is 0.486 e. The molecule has 138 valence electrons. The number of aryl methyl sites for hydroxylation is 1. The first-order chi connectivity index (χ1) is 12.2. The Bertz CT molecular complexity index is 852. The highest BCUT2D eigenvalue weighted by atomic mass is 35.5. The van der Waals surface area contributed by atoms with Crippen LogP contribution in [0.15, 0.2) is 30.5 Å². The molecule has 0 fully saturated rings. The first-order valence-corrected chi connectivity index (χ1v) is 8.60. The zero-order chi connectivity index (χ0) is 19.1. The van der Waals surface area contributed by atoms with Crippen molar-refractivity contribution < 1.29 is 18.3 Å². The lowest BCUT2D eigenvalue weighted by Gasteiger charge is -2.25. The highest BCUT2D eigenvalue weighted by Crippen LogP contribution is 2.35. The van der Waals surface area contributed by atoms with Crippen molar-refractivity contribution in [2.45, 2.75) is 39.3 Å². The maximum Gasteiger partial charge on any atom is 0.278 e. The van der Waals surface area contributed by atoms with E-state index in [9.17, 15) is 13.6 Å². The van der Waals surface area contributed by atoms with Crippen LogP contribution in [0, 0.1) is 6.92 Å². The Kier molecular flexibility index (Phi) is 4.88. The average molecular weight is 381 g/mol. The van der Waals surface area contributed by atoms with E-state index in [4.69, 9.17) is 16.3 Å². The molecule has 1 unspecified atom stereocenters. The second kappa shape index (κ2) is 6.83. The molecule has 1 aromatic heterocycles. The van der Waals surface area contributed by atoms with Gasteiger partial charge in [0, 0.05) is 36.5 Å². The average Bonchev–Trinajstić information content (AvgIpc) is 2.91. The van der Waals surface area contributed by atoms with E-state index in [1.165, 1.54) is 0 Å². The number of fused-ring (bicyclic) bond motifs is 1. The molecule has 0 aliphatic carbocycles. The third kappa shape index (κ3) is 3.65. The molecule has 4 nitrogen and oxygen atoms in total. The van der Waals surface area contributed by atoms with Crippen LogP contribution in [-0.2, 0) is 6.54 Å². The molecule has 26 heavy (non-hydrogen) atoms. The van der Waals surface area contributed by atoms with Crippen molar-refractivity contribution in [1.29, 1.82) is 0 Å². The van der Waals surface area contributed by atoms with Crippen molar-refractivity contribution in [3.8, 4) is 5.75 Å². The standard InChI is InChI=1S/C19H19ClF2N2O2/c1-11-15-9-24(18(25)14(15)6-7-23-11)12(2)13-4-5-17(16(20)8-13)26-10-19(3,21)22/h4-8,12H,9-10H2,1-3H3. The number of benzene rings is 1. The Morgan fingerprint density at radius 3 is 2.73 bits per heavy atom. The molecule has 1 aromatic carbocycles. The molecule has 0 saturated carbocycles. The third-order valence-corrected chi connectivity index (χ3v) is 4.77. The number of amides is 1. The molecule has 7 heteroatoms.